The zero-order chi connectivity index (χ0) is 18.8. The largest absolute Gasteiger partial charge is 0.478 e. The monoisotopic (exact) mass is 363 g/mol. The smallest absolute Gasteiger partial charge is 0.421 e. The van der Waals surface area contributed by atoms with Gasteiger partial charge in [-0.15, -0.1) is 0 Å². The molecule has 1 amide bonds. The Morgan fingerprint density at radius 3 is 2.48 bits per heavy atom. The molecule has 0 atom stereocenters. The second-order valence-corrected chi connectivity index (χ2v) is 6.69. The Labute approximate surface area is 150 Å². The Morgan fingerprint density at radius 2 is 1.92 bits per heavy atom. The first kappa shape index (κ1) is 18.7. The quantitative estimate of drug-likeness (QED) is 0.878. The van der Waals surface area contributed by atoms with Gasteiger partial charge < -0.3 is 9.84 Å². The second-order valence-electron chi connectivity index (χ2n) is 6.28. The number of aromatic nitrogens is 2. The van der Waals surface area contributed by atoms with Gasteiger partial charge in [0, 0.05) is 11.9 Å². The van der Waals surface area contributed by atoms with Gasteiger partial charge in [0.1, 0.15) is 5.60 Å². The van der Waals surface area contributed by atoms with Crippen LogP contribution in [0.25, 0.3) is 0 Å². The van der Waals surface area contributed by atoms with E-state index < -0.39 is 17.7 Å². The Hall–Kier alpha value is -2.67. The second kappa shape index (κ2) is 7.06. The van der Waals surface area contributed by atoms with E-state index in [1.165, 1.54) is 24.4 Å². The number of carboxylic acid groups (broad SMARTS) is 1. The summed E-state index contributed by atoms with van der Waals surface area (Å²) in [5, 5.41) is 9.32. The molecular formula is C17H18ClN3O4. The van der Waals surface area contributed by atoms with E-state index in [1.54, 1.807) is 33.8 Å². The number of hydrogen-bond donors (Lipinski definition) is 1. The van der Waals surface area contributed by atoms with E-state index >= 15 is 0 Å². The minimum absolute atomic E-state index is 0.0607. The van der Waals surface area contributed by atoms with Gasteiger partial charge in [0.15, 0.2) is 0 Å². The van der Waals surface area contributed by atoms with E-state index in [-0.39, 0.29) is 22.2 Å². The molecule has 0 unspecified atom stereocenters. The molecule has 0 fully saturated rings. The standard InChI is InChI=1S/C17H18ClN3O4/c1-10-7-8-19-15(20-10)21(16(24)25-17(2,3)4)11-5-6-13(18)12(9-11)14(22)23/h5-9H,1-4H3,(H,22,23). The Balaban J connectivity index is 2.57. The minimum atomic E-state index is -1.21. The highest BCUT2D eigenvalue weighted by atomic mass is 35.5. The van der Waals surface area contributed by atoms with Crippen LogP contribution in [0.1, 0.15) is 36.8 Å². The first-order chi connectivity index (χ1) is 11.6. The molecule has 25 heavy (non-hydrogen) atoms. The predicted molar refractivity (Wildman–Crippen MR) is 93.6 cm³/mol. The molecule has 0 aliphatic rings. The third-order valence-corrected chi connectivity index (χ3v) is 3.33. The molecule has 0 aliphatic heterocycles. The molecule has 7 nitrogen and oxygen atoms in total. The highest BCUT2D eigenvalue weighted by molar-refractivity contribution is 6.33. The molecular weight excluding hydrogens is 346 g/mol. The lowest BCUT2D eigenvalue weighted by molar-refractivity contribution is 0.0595. The number of halogens is 1. The maximum Gasteiger partial charge on any atom is 0.421 e. The number of amides is 1. The summed E-state index contributed by atoms with van der Waals surface area (Å²) in [6.45, 7) is 6.93. The summed E-state index contributed by atoms with van der Waals surface area (Å²) in [4.78, 5) is 33.5. The number of aromatic carboxylic acids is 1. The molecule has 0 radical (unpaired) electrons. The van der Waals surface area contributed by atoms with E-state index in [2.05, 4.69) is 9.97 Å². The summed E-state index contributed by atoms with van der Waals surface area (Å²) in [5.41, 5.74) is -0.00527. The molecule has 0 saturated heterocycles. The van der Waals surface area contributed by atoms with Gasteiger partial charge in [-0.1, -0.05) is 11.6 Å². The van der Waals surface area contributed by atoms with Crippen LogP contribution in [0.4, 0.5) is 16.4 Å². The molecule has 1 aromatic heterocycles. The third-order valence-electron chi connectivity index (χ3n) is 3.00. The van der Waals surface area contributed by atoms with Gasteiger partial charge in [-0.05, 0) is 52.0 Å². The normalized spacial score (nSPS) is 11.1. The van der Waals surface area contributed by atoms with Crippen LogP contribution in [0.2, 0.25) is 5.02 Å². The van der Waals surface area contributed by atoms with Gasteiger partial charge in [0.05, 0.1) is 16.3 Å². The molecule has 2 aromatic rings. The molecule has 1 N–H and O–H groups in total. The number of anilines is 2. The van der Waals surface area contributed by atoms with Gasteiger partial charge in [-0.3, -0.25) is 0 Å². The number of ether oxygens (including phenoxy) is 1. The lowest BCUT2D eigenvalue weighted by Gasteiger charge is -2.26. The molecule has 0 bridgehead atoms. The molecule has 132 valence electrons. The zero-order valence-electron chi connectivity index (χ0n) is 14.3. The fourth-order valence-electron chi connectivity index (χ4n) is 1.97. The molecule has 1 heterocycles. The number of carbonyl (C=O) groups is 2. The topological polar surface area (TPSA) is 92.6 Å². The number of benzene rings is 1. The summed E-state index contributed by atoms with van der Waals surface area (Å²) in [6.07, 6.45) is 0.778. The Bertz CT molecular complexity index is 818. The van der Waals surface area contributed by atoms with Gasteiger partial charge in [0.2, 0.25) is 5.95 Å². The maximum absolute atomic E-state index is 12.7. The number of hydrogen-bond acceptors (Lipinski definition) is 5. The third kappa shape index (κ3) is 4.67. The fourth-order valence-corrected chi connectivity index (χ4v) is 2.17. The van der Waals surface area contributed by atoms with Crippen molar-refractivity contribution in [2.45, 2.75) is 33.3 Å². The van der Waals surface area contributed by atoms with Crippen molar-refractivity contribution in [1.29, 1.82) is 0 Å². The Kier molecular flexibility index (Phi) is 5.27. The molecule has 2 rings (SSSR count). The number of carboxylic acids is 1. The Morgan fingerprint density at radius 1 is 1.24 bits per heavy atom. The van der Waals surface area contributed by atoms with E-state index in [9.17, 15) is 14.7 Å². The number of rotatable bonds is 3. The van der Waals surface area contributed by atoms with Crippen LogP contribution in [-0.2, 0) is 4.74 Å². The number of aryl methyl sites for hydroxylation is 1. The SMILES string of the molecule is Cc1ccnc(N(C(=O)OC(C)(C)C)c2ccc(Cl)c(C(=O)O)c2)n1. The van der Waals surface area contributed by atoms with Crippen LogP contribution >= 0.6 is 11.6 Å². The van der Waals surface area contributed by atoms with Crippen molar-refractivity contribution >= 4 is 35.3 Å². The first-order valence-corrected chi connectivity index (χ1v) is 7.82. The molecule has 0 saturated carbocycles. The lowest BCUT2D eigenvalue weighted by atomic mass is 10.2. The van der Waals surface area contributed by atoms with Gasteiger partial charge in [-0.2, -0.15) is 0 Å². The van der Waals surface area contributed by atoms with Gasteiger partial charge >= 0.3 is 12.1 Å². The molecule has 1 aromatic carbocycles. The zero-order valence-corrected chi connectivity index (χ0v) is 15.0. The van der Waals surface area contributed by atoms with E-state index in [0.29, 0.717) is 5.69 Å². The molecule has 8 heteroatoms. The van der Waals surface area contributed by atoms with E-state index in [1.807, 2.05) is 0 Å². The van der Waals surface area contributed by atoms with Crippen molar-refractivity contribution in [3.63, 3.8) is 0 Å². The summed E-state index contributed by atoms with van der Waals surface area (Å²) in [6, 6.07) is 5.86. The van der Waals surface area contributed by atoms with Crippen molar-refractivity contribution < 1.29 is 19.4 Å². The van der Waals surface area contributed by atoms with Crippen LogP contribution in [0, 0.1) is 6.92 Å². The summed E-state index contributed by atoms with van der Waals surface area (Å²) in [5.74, 6) is -1.13. The van der Waals surface area contributed by atoms with E-state index in [4.69, 9.17) is 16.3 Å². The highest BCUT2D eigenvalue weighted by Crippen LogP contribution is 2.29. The highest BCUT2D eigenvalue weighted by Gasteiger charge is 2.28. The number of carbonyl (C=O) groups excluding carboxylic acids is 1. The summed E-state index contributed by atoms with van der Waals surface area (Å²) in [7, 11) is 0. The van der Waals surface area contributed by atoms with Crippen LogP contribution in [0.5, 0.6) is 0 Å². The fraction of sp³-hybridized carbons (Fsp3) is 0.294. The minimum Gasteiger partial charge on any atom is -0.478 e. The first-order valence-electron chi connectivity index (χ1n) is 7.44. The lowest BCUT2D eigenvalue weighted by Crippen LogP contribution is -2.35. The van der Waals surface area contributed by atoms with Crippen LogP contribution < -0.4 is 4.90 Å². The van der Waals surface area contributed by atoms with Crippen LogP contribution in [0.15, 0.2) is 30.5 Å². The number of nitrogens with zero attached hydrogens (tertiary/aromatic N) is 3. The van der Waals surface area contributed by atoms with Crippen LogP contribution in [-0.4, -0.2) is 32.7 Å². The van der Waals surface area contributed by atoms with Crippen molar-refractivity contribution in [2.24, 2.45) is 0 Å². The van der Waals surface area contributed by atoms with Crippen molar-refractivity contribution in [3.05, 3.63) is 46.7 Å². The maximum atomic E-state index is 12.7. The summed E-state index contributed by atoms with van der Waals surface area (Å²) < 4.78 is 5.41. The predicted octanol–water partition coefficient (Wildman–Crippen LogP) is 4.21. The average molecular weight is 364 g/mol. The molecule has 0 spiro atoms. The van der Waals surface area contributed by atoms with Crippen molar-refractivity contribution in [3.8, 4) is 0 Å². The van der Waals surface area contributed by atoms with Gasteiger partial charge in [0.25, 0.3) is 0 Å². The summed E-state index contributed by atoms with van der Waals surface area (Å²) >= 11 is 5.91. The van der Waals surface area contributed by atoms with E-state index in [0.717, 1.165) is 4.90 Å². The molecule has 0 aliphatic carbocycles. The van der Waals surface area contributed by atoms with Crippen molar-refractivity contribution in [2.75, 3.05) is 4.90 Å². The average Bonchev–Trinajstić information content (AvgIpc) is 2.47. The van der Waals surface area contributed by atoms with Crippen molar-refractivity contribution in [1.82, 2.24) is 9.97 Å². The van der Waals surface area contributed by atoms with Crippen LogP contribution in [0.3, 0.4) is 0 Å². The van der Waals surface area contributed by atoms with Gasteiger partial charge in [-0.25, -0.2) is 24.5 Å².